The van der Waals surface area contributed by atoms with Crippen LogP contribution >= 0.6 is 11.8 Å². The second kappa shape index (κ2) is 9.39. The van der Waals surface area contributed by atoms with Gasteiger partial charge in [0, 0.05) is 10.1 Å². The maximum Gasteiger partial charge on any atom is 0.392 e. The van der Waals surface area contributed by atoms with Gasteiger partial charge in [0.15, 0.2) is 0 Å². The third-order valence-corrected chi connectivity index (χ3v) is 5.02. The molecule has 0 nitrogen and oxygen atoms in total. The Balaban J connectivity index is 2.85. The van der Waals surface area contributed by atoms with Crippen LogP contribution in [0.1, 0.15) is 52.4 Å². The van der Waals surface area contributed by atoms with Crippen molar-refractivity contribution in [3.63, 3.8) is 0 Å². The largest absolute Gasteiger partial charge is 0.392 e. The monoisotopic (exact) mass is 318 g/mol. The van der Waals surface area contributed by atoms with Crippen molar-refractivity contribution in [1.29, 1.82) is 0 Å². The Kier molecular flexibility index (Phi) is 8.23. The SMILES string of the molecule is CCCCC(Sc1ccccc1)C(CCCC)C(F)(F)F. The Morgan fingerprint density at radius 3 is 2.05 bits per heavy atom. The van der Waals surface area contributed by atoms with Crippen molar-refractivity contribution < 1.29 is 13.2 Å². The molecule has 0 aromatic heterocycles. The fraction of sp³-hybridized carbons (Fsp3) is 0.647. The lowest BCUT2D eigenvalue weighted by atomic mass is 9.94. The average Bonchev–Trinajstić information content (AvgIpc) is 2.44. The summed E-state index contributed by atoms with van der Waals surface area (Å²) in [7, 11) is 0. The maximum atomic E-state index is 13.4. The molecule has 1 aromatic rings. The Hall–Kier alpha value is -0.640. The molecule has 21 heavy (non-hydrogen) atoms. The molecule has 0 saturated carbocycles. The number of benzene rings is 1. The first-order valence-corrected chi connectivity index (χ1v) is 8.65. The van der Waals surface area contributed by atoms with Crippen LogP contribution < -0.4 is 0 Å². The van der Waals surface area contributed by atoms with Gasteiger partial charge in [0.25, 0.3) is 0 Å². The second-order valence-corrected chi connectivity index (χ2v) is 6.71. The summed E-state index contributed by atoms with van der Waals surface area (Å²) < 4.78 is 40.2. The number of thioether (sulfide) groups is 1. The van der Waals surface area contributed by atoms with Crippen LogP contribution in [-0.4, -0.2) is 11.4 Å². The Morgan fingerprint density at radius 2 is 1.52 bits per heavy atom. The molecule has 0 heterocycles. The van der Waals surface area contributed by atoms with Gasteiger partial charge < -0.3 is 0 Å². The first kappa shape index (κ1) is 18.4. The number of alkyl halides is 3. The van der Waals surface area contributed by atoms with Crippen molar-refractivity contribution in [2.24, 2.45) is 5.92 Å². The van der Waals surface area contributed by atoms with E-state index in [1.807, 2.05) is 44.2 Å². The Labute approximate surface area is 130 Å². The van der Waals surface area contributed by atoms with Gasteiger partial charge in [-0.15, -0.1) is 11.8 Å². The molecule has 0 N–H and O–H groups in total. The van der Waals surface area contributed by atoms with E-state index in [1.165, 1.54) is 11.8 Å². The van der Waals surface area contributed by atoms with Crippen LogP contribution in [0.5, 0.6) is 0 Å². The number of hydrogen-bond donors (Lipinski definition) is 0. The number of halogens is 3. The van der Waals surface area contributed by atoms with Crippen LogP contribution in [0.2, 0.25) is 0 Å². The minimum Gasteiger partial charge on any atom is -0.171 e. The van der Waals surface area contributed by atoms with Gasteiger partial charge in [-0.2, -0.15) is 13.2 Å². The molecule has 2 unspecified atom stereocenters. The summed E-state index contributed by atoms with van der Waals surface area (Å²) in [4.78, 5) is 0.935. The first-order valence-electron chi connectivity index (χ1n) is 7.77. The predicted molar refractivity (Wildman–Crippen MR) is 84.7 cm³/mol. The highest BCUT2D eigenvalue weighted by Crippen LogP contribution is 2.42. The van der Waals surface area contributed by atoms with Crippen LogP contribution in [0, 0.1) is 5.92 Å². The molecule has 0 aliphatic heterocycles. The highest BCUT2D eigenvalue weighted by atomic mass is 32.2. The molecule has 1 aromatic carbocycles. The van der Waals surface area contributed by atoms with E-state index >= 15 is 0 Å². The Bertz CT molecular complexity index is 375. The minimum absolute atomic E-state index is 0.244. The van der Waals surface area contributed by atoms with Gasteiger partial charge >= 0.3 is 6.18 Å². The van der Waals surface area contributed by atoms with Gasteiger partial charge in [-0.25, -0.2) is 0 Å². The standard InChI is InChI=1S/C17H25F3S/c1-3-5-12-15(17(18,19)20)16(13-6-4-2)21-14-10-8-7-9-11-14/h7-11,15-16H,3-6,12-13H2,1-2H3. The normalized spacial score (nSPS) is 14.9. The summed E-state index contributed by atoms with van der Waals surface area (Å²) >= 11 is 1.39. The molecule has 0 aliphatic rings. The lowest BCUT2D eigenvalue weighted by Gasteiger charge is -2.29. The van der Waals surface area contributed by atoms with Gasteiger partial charge in [0.05, 0.1) is 5.92 Å². The quantitative estimate of drug-likeness (QED) is 0.456. The van der Waals surface area contributed by atoms with Gasteiger partial charge in [0.1, 0.15) is 0 Å². The van der Waals surface area contributed by atoms with Gasteiger partial charge in [-0.05, 0) is 25.0 Å². The van der Waals surface area contributed by atoms with Crippen LogP contribution in [0.15, 0.2) is 35.2 Å². The van der Waals surface area contributed by atoms with Crippen LogP contribution in [0.25, 0.3) is 0 Å². The molecular weight excluding hydrogens is 293 g/mol. The molecule has 0 amide bonds. The smallest absolute Gasteiger partial charge is 0.171 e. The van der Waals surface area contributed by atoms with Crippen molar-refractivity contribution >= 4 is 11.8 Å². The van der Waals surface area contributed by atoms with Crippen molar-refractivity contribution in [3.05, 3.63) is 30.3 Å². The molecule has 0 fully saturated rings. The first-order chi connectivity index (χ1) is 9.99. The summed E-state index contributed by atoms with van der Waals surface area (Å²) in [5, 5.41) is -0.376. The average molecular weight is 318 g/mol. The van der Waals surface area contributed by atoms with E-state index in [0.717, 1.165) is 24.2 Å². The summed E-state index contributed by atoms with van der Waals surface area (Å²) in [6, 6.07) is 9.46. The van der Waals surface area contributed by atoms with E-state index in [4.69, 9.17) is 0 Å². The van der Waals surface area contributed by atoms with Crippen LogP contribution in [0.4, 0.5) is 13.2 Å². The molecule has 120 valence electrons. The molecule has 4 heteroatoms. The summed E-state index contributed by atoms with van der Waals surface area (Å²) in [6.45, 7) is 3.97. The summed E-state index contributed by atoms with van der Waals surface area (Å²) in [6.07, 6.45) is 0.00612. The number of hydrogen-bond acceptors (Lipinski definition) is 1. The molecule has 1 rings (SSSR count). The van der Waals surface area contributed by atoms with E-state index in [9.17, 15) is 13.2 Å². The molecule has 2 atom stereocenters. The van der Waals surface area contributed by atoms with E-state index in [-0.39, 0.29) is 11.7 Å². The fourth-order valence-corrected chi connectivity index (χ4v) is 3.81. The number of rotatable bonds is 9. The van der Waals surface area contributed by atoms with Crippen LogP contribution in [0.3, 0.4) is 0 Å². The summed E-state index contributed by atoms with van der Waals surface area (Å²) in [5.74, 6) is -1.20. The molecule has 0 bridgehead atoms. The maximum absolute atomic E-state index is 13.4. The fourth-order valence-electron chi connectivity index (χ4n) is 2.41. The van der Waals surface area contributed by atoms with E-state index in [2.05, 4.69) is 0 Å². The highest BCUT2D eigenvalue weighted by molar-refractivity contribution is 8.00. The minimum atomic E-state index is -4.10. The van der Waals surface area contributed by atoms with Crippen molar-refractivity contribution in [2.45, 2.75) is 68.7 Å². The van der Waals surface area contributed by atoms with Crippen molar-refractivity contribution in [1.82, 2.24) is 0 Å². The molecular formula is C17H25F3S. The third kappa shape index (κ3) is 6.77. The van der Waals surface area contributed by atoms with Gasteiger partial charge in [-0.1, -0.05) is 57.7 Å². The van der Waals surface area contributed by atoms with Crippen molar-refractivity contribution in [2.75, 3.05) is 0 Å². The van der Waals surface area contributed by atoms with Crippen molar-refractivity contribution in [3.8, 4) is 0 Å². The molecule has 0 aliphatic carbocycles. The zero-order chi connectivity index (χ0) is 15.7. The summed E-state index contributed by atoms with van der Waals surface area (Å²) in [5.41, 5.74) is 0. The van der Waals surface area contributed by atoms with E-state index in [0.29, 0.717) is 12.8 Å². The predicted octanol–water partition coefficient (Wildman–Crippen LogP) is 6.71. The topological polar surface area (TPSA) is 0 Å². The molecule has 0 saturated heterocycles. The van der Waals surface area contributed by atoms with E-state index < -0.39 is 12.1 Å². The van der Waals surface area contributed by atoms with Crippen LogP contribution in [-0.2, 0) is 0 Å². The molecule has 0 spiro atoms. The Morgan fingerprint density at radius 1 is 0.952 bits per heavy atom. The third-order valence-electron chi connectivity index (χ3n) is 3.61. The lowest BCUT2D eigenvalue weighted by molar-refractivity contribution is -0.176. The van der Waals surface area contributed by atoms with Gasteiger partial charge in [-0.3, -0.25) is 0 Å². The number of unbranched alkanes of at least 4 members (excludes halogenated alkanes) is 2. The second-order valence-electron chi connectivity index (χ2n) is 5.40. The van der Waals surface area contributed by atoms with E-state index in [1.54, 1.807) is 0 Å². The lowest BCUT2D eigenvalue weighted by Crippen LogP contribution is -2.32. The van der Waals surface area contributed by atoms with Gasteiger partial charge in [0.2, 0.25) is 0 Å². The zero-order valence-corrected chi connectivity index (χ0v) is 13.6. The molecule has 0 radical (unpaired) electrons. The highest BCUT2D eigenvalue weighted by Gasteiger charge is 2.43. The zero-order valence-electron chi connectivity index (χ0n) is 12.8.